The molecule has 0 spiro atoms. The van der Waals surface area contributed by atoms with Crippen molar-refractivity contribution in [1.82, 2.24) is 9.80 Å². The van der Waals surface area contributed by atoms with Crippen LogP contribution in [0.25, 0.3) is 0 Å². The number of carbonyl (C=O) groups is 1. The molecule has 23 heavy (non-hydrogen) atoms. The predicted molar refractivity (Wildman–Crippen MR) is 88.9 cm³/mol. The fraction of sp³-hybridized carbons (Fsp3) is 0.316. The van der Waals surface area contributed by atoms with Crippen LogP contribution in [0.4, 0.5) is 4.39 Å². The molecule has 1 atom stereocenters. The molecule has 1 aliphatic heterocycles. The highest BCUT2D eigenvalue weighted by atomic mass is 19.1. The molecule has 0 N–H and O–H groups in total. The van der Waals surface area contributed by atoms with Crippen LogP contribution in [-0.4, -0.2) is 42.4 Å². The normalized spacial score (nSPS) is 18.9. The lowest BCUT2D eigenvalue weighted by molar-refractivity contribution is 0.0540. The van der Waals surface area contributed by atoms with Crippen LogP contribution >= 0.6 is 0 Å². The minimum Gasteiger partial charge on any atom is -0.335 e. The van der Waals surface area contributed by atoms with Crippen molar-refractivity contribution >= 4 is 5.91 Å². The Morgan fingerprint density at radius 1 is 1.09 bits per heavy atom. The Morgan fingerprint density at radius 2 is 1.78 bits per heavy atom. The number of halogens is 1. The SMILES string of the molecule is Cc1ccccc1C(=O)N1CCN(C)C(c2ccccc2F)C1. The first-order chi connectivity index (χ1) is 11.1. The number of amides is 1. The van der Waals surface area contributed by atoms with Gasteiger partial charge in [-0.2, -0.15) is 0 Å². The Hall–Kier alpha value is -2.20. The van der Waals surface area contributed by atoms with Crippen LogP contribution < -0.4 is 0 Å². The van der Waals surface area contributed by atoms with Crippen molar-refractivity contribution in [3.8, 4) is 0 Å². The van der Waals surface area contributed by atoms with Gasteiger partial charge in [-0.05, 0) is 31.7 Å². The molecule has 1 amide bonds. The van der Waals surface area contributed by atoms with Crippen LogP contribution in [0.1, 0.15) is 27.5 Å². The Kier molecular flexibility index (Phi) is 4.44. The molecule has 1 saturated heterocycles. The van der Waals surface area contributed by atoms with Gasteiger partial charge in [0.1, 0.15) is 5.82 Å². The van der Waals surface area contributed by atoms with E-state index in [1.54, 1.807) is 12.1 Å². The van der Waals surface area contributed by atoms with Crippen LogP contribution in [0.15, 0.2) is 48.5 Å². The van der Waals surface area contributed by atoms with Crippen molar-refractivity contribution in [2.45, 2.75) is 13.0 Å². The second-order valence-corrected chi connectivity index (χ2v) is 6.08. The zero-order valence-corrected chi connectivity index (χ0v) is 13.5. The van der Waals surface area contributed by atoms with Crippen LogP contribution in [0.5, 0.6) is 0 Å². The third-order valence-electron chi connectivity index (χ3n) is 4.57. The maximum Gasteiger partial charge on any atom is 0.254 e. The van der Waals surface area contributed by atoms with Gasteiger partial charge in [-0.15, -0.1) is 0 Å². The molecule has 0 aliphatic carbocycles. The number of rotatable bonds is 2. The van der Waals surface area contributed by atoms with E-state index in [-0.39, 0.29) is 17.8 Å². The zero-order chi connectivity index (χ0) is 16.4. The third kappa shape index (κ3) is 3.13. The van der Waals surface area contributed by atoms with E-state index in [1.165, 1.54) is 6.07 Å². The molecule has 3 nitrogen and oxygen atoms in total. The first-order valence-electron chi connectivity index (χ1n) is 7.87. The van der Waals surface area contributed by atoms with Crippen molar-refractivity contribution in [2.24, 2.45) is 0 Å². The number of hydrogen-bond donors (Lipinski definition) is 0. The molecular formula is C19H21FN2O. The number of hydrogen-bond acceptors (Lipinski definition) is 2. The van der Waals surface area contributed by atoms with Crippen molar-refractivity contribution in [3.05, 3.63) is 71.0 Å². The minimum atomic E-state index is -0.213. The summed E-state index contributed by atoms with van der Waals surface area (Å²) in [5, 5.41) is 0. The van der Waals surface area contributed by atoms with Crippen molar-refractivity contribution in [3.63, 3.8) is 0 Å². The average molecular weight is 312 g/mol. The largest absolute Gasteiger partial charge is 0.335 e. The fourth-order valence-corrected chi connectivity index (χ4v) is 3.12. The molecule has 2 aromatic carbocycles. The first kappa shape index (κ1) is 15.7. The highest BCUT2D eigenvalue weighted by Crippen LogP contribution is 2.27. The quantitative estimate of drug-likeness (QED) is 0.850. The molecule has 1 fully saturated rings. The molecule has 0 saturated carbocycles. The monoisotopic (exact) mass is 312 g/mol. The number of nitrogens with zero attached hydrogens (tertiary/aromatic N) is 2. The highest BCUT2D eigenvalue weighted by Gasteiger charge is 2.30. The topological polar surface area (TPSA) is 23.6 Å². The Bertz CT molecular complexity index is 716. The smallest absolute Gasteiger partial charge is 0.254 e. The van der Waals surface area contributed by atoms with Gasteiger partial charge >= 0.3 is 0 Å². The van der Waals surface area contributed by atoms with E-state index in [2.05, 4.69) is 4.90 Å². The lowest BCUT2D eigenvalue weighted by Crippen LogP contribution is -2.49. The van der Waals surface area contributed by atoms with E-state index >= 15 is 0 Å². The van der Waals surface area contributed by atoms with Gasteiger partial charge in [0.05, 0.1) is 6.04 Å². The summed E-state index contributed by atoms with van der Waals surface area (Å²) >= 11 is 0. The maximum absolute atomic E-state index is 14.1. The molecule has 1 aliphatic rings. The summed E-state index contributed by atoms with van der Waals surface area (Å²) in [7, 11) is 1.98. The van der Waals surface area contributed by atoms with Gasteiger partial charge in [-0.1, -0.05) is 36.4 Å². The Morgan fingerprint density at radius 3 is 2.52 bits per heavy atom. The van der Waals surface area contributed by atoms with E-state index in [0.29, 0.717) is 18.7 Å². The fourth-order valence-electron chi connectivity index (χ4n) is 3.12. The predicted octanol–water partition coefficient (Wildman–Crippen LogP) is 3.26. The summed E-state index contributed by atoms with van der Waals surface area (Å²) in [5.74, 6) is -0.188. The Balaban J connectivity index is 1.85. The van der Waals surface area contributed by atoms with E-state index in [9.17, 15) is 9.18 Å². The molecular weight excluding hydrogens is 291 g/mol. The van der Waals surface area contributed by atoms with E-state index in [1.807, 2.05) is 49.2 Å². The maximum atomic E-state index is 14.1. The summed E-state index contributed by atoms with van der Waals surface area (Å²) < 4.78 is 14.1. The van der Waals surface area contributed by atoms with Gasteiger partial charge in [0.15, 0.2) is 0 Å². The lowest BCUT2D eigenvalue weighted by atomic mass is 10.0. The Labute approximate surface area is 136 Å². The summed E-state index contributed by atoms with van der Waals surface area (Å²) in [6.45, 7) is 3.84. The van der Waals surface area contributed by atoms with Crippen LogP contribution in [0.2, 0.25) is 0 Å². The van der Waals surface area contributed by atoms with Crippen molar-refractivity contribution in [1.29, 1.82) is 0 Å². The lowest BCUT2D eigenvalue weighted by Gasteiger charge is -2.40. The number of aryl methyl sites for hydroxylation is 1. The number of piperazine rings is 1. The number of benzene rings is 2. The highest BCUT2D eigenvalue weighted by molar-refractivity contribution is 5.95. The molecule has 0 aromatic heterocycles. The second-order valence-electron chi connectivity index (χ2n) is 6.08. The van der Waals surface area contributed by atoms with Crippen molar-refractivity contribution < 1.29 is 9.18 Å². The first-order valence-corrected chi connectivity index (χ1v) is 7.87. The summed E-state index contributed by atoms with van der Waals surface area (Å²) in [5.41, 5.74) is 2.35. The van der Waals surface area contributed by atoms with Gasteiger partial charge < -0.3 is 4.90 Å². The standard InChI is InChI=1S/C19H21FN2O/c1-14-7-3-4-8-15(14)19(23)22-12-11-21(2)18(13-22)16-9-5-6-10-17(16)20/h3-10,18H,11-13H2,1-2H3. The zero-order valence-electron chi connectivity index (χ0n) is 13.5. The molecule has 1 heterocycles. The van der Waals surface area contributed by atoms with Crippen LogP contribution in [0.3, 0.4) is 0 Å². The van der Waals surface area contributed by atoms with Gasteiger partial charge in [-0.3, -0.25) is 9.69 Å². The molecule has 1 unspecified atom stereocenters. The summed E-state index contributed by atoms with van der Waals surface area (Å²) in [4.78, 5) is 16.7. The summed E-state index contributed by atoms with van der Waals surface area (Å²) in [6, 6.07) is 14.3. The van der Waals surface area contributed by atoms with Crippen molar-refractivity contribution in [2.75, 3.05) is 26.7 Å². The summed E-state index contributed by atoms with van der Waals surface area (Å²) in [6.07, 6.45) is 0. The number of likely N-dealkylation sites (N-methyl/N-ethyl adjacent to an activating group) is 1. The average Bonchev–Trinajstić information content (AvgIpc) is 2.56. The molecule has 4 heteroatoms. The van der Waals surface area contributed by atoms with Crippen LogP contribution in [-0.2, 0) is 0 Å². The number of carbonyl (C=O) groups excluding carboxylic acids is 1. The van der Waals surface area contributed by atoms with E-state index < -0.39 is 0 Å². The van der Waals surface area contributed by atoms with Gasteiger partial charge in [0.25, 0.3) is 5.91 Å². The second kappa shape index (κ2) is 6.50. The van der Waals surface area contributed by atoms with Gasteiger partial charge in [-0.25, -0.2) is 4.39 Å². The molecule has 3 rings (SSSR count). The molecule has 120 valence electrons. The van der Waals surface area contributed by atoms with Crippen LogP contribution in [0, 0.1) is 12.7 Å². The molecule has 2 aromatic rings. The van der Waals surface area contributed by atoms with Gasteiger partial charge in [0.2, 0.25) is 0 Å². The minimum absolute atomic E-state index is 0.0255. The van der Waals surface area contributed by atoms with Gasteiger partial charge in [0, 0.05) is 30.8 Å². The third-order valence-corrected chi connectivity index (χ3v) is 4.57. The molecule has 0 radical (unpaired) electrons. The van der Waals surface area contributed by atoms with E-state index in [4.69, 9.17) is 0 Å². The van der Waals surface area contributed by atoms with E-state index in [0.717, 1.165) is 17.7 Å². The molecule has 0 bridgehead atoms.